The molecule has 0 spiro atoms. The first-order valence-electron chi connectivity index (χ1n) is 12.9. The molecule has 0 unspecified atom stereocenters. The van der Waals surface area contributed by atoms with Crippen LogP contribution in [0.25, 0.3) is 10.8 Å². The molecule has 0 bridgehead atoms. The third-order valence-corrected chi connectivity index (χ3v) is 5.91. The summed E-state index contributed by atoms with van der Waals surface area (Å²) in [7, 11) is 0. The fourth-order valence-corrected chi connectivity index (χ4v) is 3.85. The smallest absolute Gasteiger partial charge is 0.269 e. The predicted molar refractivity (Wildman–Crippen MR) is 136 cm³/mol. The Hall–Kier alpha value is -2.56. The number of fused-ring (bicyclic) bond motifs is 1. The number of hydrogen-bond acceptors (Lipinski definition) is 3. The van der Waals surface area contributed by atoms with E-state index in [1.807, 2.05) is 30.3 Å². The van der Waals surface area contributed by atoms with Crippen LogP contribution in [0.15, 0.2) is 36.4 Å². The van der Waals surface area contributed by atoms with Crippen LogP contribution in [-0.4, -0.2) is 18.4 Å². The normalized spacial score (nSPS) is 10.8. The SMILES string of the molecule is CCCCCCCCCCOc1ccc2cc(C(=O)NNC(=O)CCCCCC)ccc2c1. The van der Waals surface area contributed by atoms with Crippen molar-refractivity contribution >= 4 is 22.6 Å². The van der Waals surface area contributed by atoms with E-state index in [0.717, 1.165) is 55.2 Å². The molecule has 0 aliphatic rings. The maximum atomic E-state index is 12.4. The zero-order chi connectivity index (χ0) is 23.7. The van der Waals surface area contributed by atoms with Gasteiger partial charge < -0.3 is 4.74 Å². The summed E-state index contributed by atoms with van der Waals surface area (Å²) in [6, 6.07) is 11.5. The lowest BCUT2D eigenvalue weighted by Crippen LogP contribution is -2.41. The number of carbonyl (C=O) groups is 2. The van der Waals surface area contributed by atoms with E-state index in [1.54, 1.807) is 6.07 Å². The average Bonchev–Trinajstić information content (AvgIpc) is 2.83. The topological polar surface area (TPSA) is 67.4 Å². The first-order valence-corrected chi connectivity index (χ1v) is 12.9. The Bertz CT molecular complexity index is 850. The number of hydrogen-bond donors (Lipinski definition) is 2. The standard InChI is InChI=1S/C28H42N2O3/c1-3-5-7-9-10-11-12-14-20-33-26-19-18-23-21-25(17-16-24(23)22-26)28(32)30-29-27(31)15-13-8-6-4-2/h16-19,21-22H,3-15,20H2,1-2H3,(H,29,31)(H,30,32). The number of rotatable bonds is 16. The molecule has 0 aliphatic heterocycles. The van der Waals surface area contributed by atoms with E-state index in [2.05, 4.69) is 24.7 Å². The maximum absolute atomic E-state index is 12.4. The van der Waals surface area contributed by atoms with Crippen LogP contribution in [0.5, 0.6) is 5.75 Å². The second-order valence-electron chi connectivity index (χ2n) is 8.86. The van der Waals surface area contributed by atoms with Crippen molar-refractivity contribution in [3.05, 3.63) is 42.0 Å². The number of nitrogens with one attached hydrogen (secondary N) is 2. The second-order valence-corrected chi connectivity index (χ2v) is 8.86. The molecule has 2 aromatic carbocycles. The Balaban J connectivity index is 1.72. The summed E-state index contributed by atoms with van der Waals surface area (Å²) < 4.78 is 5.92. The van der Waals surface area contributed by atoms with Crippen molar-refractivity contribution in [2.75, 3.05) is 6.61 Å². The molecule has 5 nitrogen and oxygen atoms in total. The Labute approximate surface area is 199 Å². The van der Waals surface area contributed by atoms with Gasteiger partial charge in [-0.25, -0.2) is 0 Å². The molecule has 2 amide bonds. The maximum Gasteiger partial charge on any atom is 0.269 e. The van der Waals surface area contributed by atoms with Gasteiger partial charge in [-0.1, -0.05) is 90.2 Å². The Morgan fingerprint density at radius 1 is 0.697 bits per heavy atom. The van der Waals surface area contributed by atoms with Crippen LogP contribution in [0.1, 0.15) is 108 Å². The average molecular weight is 455 g/mol. The molecule has 0 atom stereocenters. The summed E-state index contributed by atoms with van der Waals surface area (Å²) in [6.45, 7) is 5.12. The van der Waals surface area contributed by atoms with Crippen LogP contribution >= 0.6 is 0 Å². The van der Waals surface area contributed by atoms with Crippen LogP contribution in [0, 0.1) is 0 Å². The number of ether oxygens (including phenoxy) is 1. The Morgan fingerprint density at radius 3 is 2.03 bits per heavy atom. The monoisotopic (exact) mass is 454 g/mol. The van der Waals surface area contributed by atoms with Gasteiger partial charge >= 0.3 is 0 Å². The van der Waals surface area contributed by atoms with E-state index in [-0.39, 0.29) is 11.8 Å². The molecule has 0 saturated heterocycles. The van der Waals surface area contributed by atoms with E-state index >= 15 is 0 Å². The predicted octanol–water partition coefficient (Wildman–Crippen LogP) is 7.09. The minimum Gasteiger partial charge on any atom is -0.494 e. The van der Waals surface area contributed by atoms with Crippen molar-refractivity contribution < 1.29 is 14.3 Å². The van der Waals surface area contributed by atoms with Crippen molar-refractivity contribution in [3.8, 4) is 5.75 Å². The van der Waals surface area contributed by atoms with Crippen LogP contribution in [0.2, 0.25) is 0 Å². The summed E-state index contributed by atoms with van der Waals surface area (Å²) in [5.74, 6) is 0.394. The van der Waals surface area contributed by atoms with Gasteiger partial charge in [-0.3, -0.25) is 20.4 Å². The Kier molecular flexibility index (Phi) is 13.0. The van der Waals surface area contributed by atoms with Gasteiger partial charge in [0.2, 0.25) is 5.91 Å². The van der Waals surface area contributed by atoms with E-state index in [9.17, 15) is 9.59 Å². The van der Waals surface area contributed by atoms with Crippen molar-refractivity contribution in [1.29, 1.82) is 0 Å². The van der Waals surface area contributed by atoms with Crippen LogP contribution in [-0.2, 0) is 4.79 Å². The third kappa shape index (κ3) is 10.7. The van der Waals surface area contributed by atoms with Gasteiger partial charge in [0.25, 0.3) is 5.91 Å². The van der Waals surface area contributed by atoms with Crippen molar-refractivity contribution in [3.63, 3.8) is 0 Å². The van der Waals surface area contributed by atoms with Crippen molar-refractivity contribution in [2.24, 2.45) is 0 Å². The summed E-state index contributed by atoms with van der Waals surface area (Å²) in [4.78, 5) is 24.2. The zero-order valence-electron chi connectivity index (χ0n) is 20.6. The number of benzene rings is 2. The molecule has 33 heavy (non-hydrogen) atoms. The number of hydrazine groups is 1. The lowest BCUT2D eigenvalue weighted by molar-refractivity contribution is -0.122. The molecule has 0 radical (unpaired) electrons. The van der Waals surface area contributed by atoms with Gasteiger partial charge in [0.15, 0.2) is 0 Å². The fraction of sp³-hybridized carbons (Fsp3) is 0.571. The third-order valence-electron chi connectivity index (χ3n) is 5.91. The highest BCUT2D eigenvalue weighted by Gasteiger charge is 2.09. The summed E-state index contributed by atoms with van der Waals surface area (Å²) in [5.41, 5.74) is 5.53. The molecule has 0 aromatic heterocycles. The van der Waals surface area contributed by atoms with Crippen molar-refractivity contribution in [1.82, 2.24) is 10.9 Å². The number of carbonyl (C=O) groups excluding carboxylic acids is 2. The second kappa shape index (κ2) is 16.1. The van der Waals surface area contributed by atoms with Gasteiger partial charge in [-0.15, -0.1) is 0 Å². The highest BCUT2D eigenvalue weighted by molar-refractivity contribution is 5.99. The van der Waals surface area contributed by atoms with Crippen LogP contribution in [0.4, 0.5) is 0 Å². The molecule has 0 aliphatic carbocycles. The van der Waals surface area contributed by atoms with Gasteiger partial charge in [0, 0.05) is 12.0 Å². The molecule has 0 heterocycles. The van der Waals surface area contributed by atoms with Crippen LogP contribution < -0.4 is 15.6 Å². The lowest BCUT2D eigenvalue weighted by Gasteiger charge is -2.10. The largest absolute Gasteiger partial charge is 0.494 e. The highest BCUT2D eigenvalue weighted by Crippen LogP contribution is 2.22. The van der Waals surface area contributed by atoms with Gasteiger partial charge in [-0.2, -0.15) is 0 Å². The molecular formula is C28H42N2O3. The first-order chi connectivity index (χ1) is 16.1. The van der Waals surface area contributed by atoms with E-state index in [1.165, 1.54) is 44.9 Å². The summed E-state index contributed by atoms with van der Waals surface area (Å²) in [6.07, 6.45) is 14.8. The molecule has 182 valence electrons. The Morgan fingerprint density at radius 2 is 1.30 bits per heavy atom. The first kappa shape index (κ1) is 26.7. The van der Waals surface area contributed by atoms with Gasteiger partial charge in [0.1, 0.15) is 5.75 Å². The lowest BCUT2D eigenvalue weighted by atomic mass is 10.1. The molecule has 2 N–H and O–H groups in total. The van der Waals surface area contributed by atoms with E-state index in [0.29, 0.717) is 12.0 Å². The molecule has 5 heteroatoms. The molecule has 2 aromatic rings. The van der Waals surface area contributed by atoms with Gasteiger partial charge in [0.05, 0.1) is 6.61 Å². The zero-order valence-corrected chi connectivity index (χ0v) is 20.6. The molecular weight excluding hydrogens is 412 g/mol. The van der Waals surface area contributed by atoms with Gasteiger partial charge in [-0.05, 0) is 47.9 Å². The quantitative estimate of drug-likeness (QED) is 0.210. The van der Waals surface area contributed by atoms with Crippen LogP contribution in [0.3, 0.4) is 0 Å². The van der Waals surface area contributed by atoms with E-state index in [4.69, 9.17) is 4.74 Å². The summed E-state index contributed by atoms with van der Waals surface area (Å²) >= 11 is 0. The minimum atomic E-state index is -0.311. The number of unbranched alkanes of at least 4 members (excludes halogenated alkanes) is 10. The van der Waals surface area contributed by atoms with E-state index < -0.39 is 0 Å². The van der Waals surface area contributed by atoms with Crippen molar-refractivity contribution in [2.45, 2.75) is 97.3 Å². The number of amides is 2. The molecule has 0 saturated carbocycles. The fourth-order valence-electron chi connectivity index (χ4n) is 3.85. The minimum absolute atomic E-state index is 0.154. The molecule has 2 rings (SSSR count). The summed E-state index contributed by atoms with van der Waals surface area (Å²) in [5, 5.41) is 1.99. The molecule has 0 fully saturated rings. The highest BCUT2D eigenvalue weighted by atomic mass is 16.5.